The summed E-state index contributed by atoms with van der Waals surface area (Å²) in [5.74, 6) is -3.72. The first-order valence-corrected chi connectivity index (χ1v) is 13.5. The number of sulfonamides is 1. The maximum atomic E-state index is 13.8. The van der Waals surface area contributed by atoms with Crippen molar-refractivity contribution in [1.29, 1.82) is 0 Å². The lowest BCUT2D eigenvalue weighted by atomic mass is 10.0. The van der Waals surface area contributed by atoms with Gasteiger partial charge in [0.15, 0.2) is 5.82 Å². The number of nitrogens with one attached hydrogen (secondary N) is 1. The normalized spacial score (nSPS) is 12.9. The molecule has 4 aromatic rings. The zero-order valence-electron chi connectivity index (χ0n) is 21.6. The van der Waals surface area contributed by atoms with Crippen molar-refractivity contribution >= 4 is 38.3 Å². The Labute approximate surface area is 227 Å². The Balaban J connectivity index is 1.71. The van der Waals surface area contributed by atoms with Crippen LogP contribution in [-0.4, -0.2) is 46.5 Å². The van der Waals surface area contributed by atoms with E-state index in [9.17, 15) is 31.2 Å². The van der Waals surface area contributed by atoms with Crippen LogP contribution in [0.4, 0.5) is 18.9 Å². The van der Waals surface area contributed by atoms with E-state index < -0.39 is 52.0 Å². The predicted molar refractivity (Wildman–Crippen MR) is 139 cm³/mol. The highest BCUT2D eigenvalue weighted by Crippen LogP contribution is 2.33. The topological polar surface area (TPSA) is 127 Å². The summed E-state index contributed by atoms with van der Waals surface area (Å²) < 4.78 is 69.7. The van der Waals surface area contributed by atoms with Crippen molar-refractivity contribution in [2.45, 2.75) is 37.4 Å². The molecule has 2 amide bonds. The number of aryl methyl sites for hydroxylation is 1. The van der Waals surface area contributed by atoms with Gasteiger partial charge in [-0.2, -0.15) is 13.2 Å². The fourth-order valence-corrected chi connectivity index (χ4v) is 5.23. The summed E-state index contributed by atoms with van der Waals surface area (Å²) >= 11 is 0. The summed E-state index contributed by atoms with van der Waals surface area (Å²) in [4.78, 5) is 28.1. The number of nitrogens with zero attached hydrogens (tertiary/aromatic N) is 5. The van der Waals surface area contributed by atoms with Gasteiger partial charge >= 0.3 is 6.18 Å². The highest BCUT2D eigenvalue weighted by molar-refractivity contribution is 7.90. The SMILES string of the molecule is CC(C)N(C(=O)C(Cc1nnnn1C)C(=O)NS(=O)(=O)c1ccc2ccccc2c1)c1cccc(C(F)(F)F)c1. The molecule has 1 unspecified atom stereocenters. The lowest BCUT2D eigenvalue weighted by Crippen LogP contribution is -2.48. The molecular formula is C26H25F3N6O4S. The molecule has 0 saturated heterocycles. The molecule has 3 aromatic carbocycles. The van der Waals surface area contributed by atoms with Crippen LogP contribution in [-0.2, 0) is 39.3 Å². The van der Waals surface area contributed by atoms with E-state index >= 15 is 0 Å². The molecule has 0 saturated carbocycles. The molecule has 0 spiro atoms. The van der Waals surface area contributed by atoms with Crippen LogP contribution in [0.2, 0.25) is 0 Å². The Hall–Kier alpha value is -4.33. The number of carbonyl (C=O) groups excluding carboxylic acids is 2. The average Bonchev–Trinajstić information content (AvgIpc) is 3.30. The molecule has 1 N–H and O–H groups in total. The van der Waals surface area contributed by atoms with Gasteiger partial charge in [0, 0.05) is 25.2 Å². The number of benzene rings is 3. The van der Waals surface area contributed by atoms with Crippen LogP contribution >= 0.6 is 0 Å². The van der Waals surface area contributed by atoms with E-state index in [1.807, 2.05) is 4.72 Å². The van der Waals surface area contributed by atoms with Crippen molar-refractivity contribution < 1.29 is 31.2 Å². The summed E-state index contributed by atoms with van der Waals surface area (Å²) in [5, 5.41) is 12.3. The van der Waals surface area contributed by atoms with Gasteiger partial charge in [0.2, 0.25) is 11.8 Å². The summed E-state index contributed by atoms with van der Waals surface area (Å²) in [6.07, 6.45) is -5.08. The van der Waals surface area contributed by atoms with E-state index in [4.69, 9.17) is 0 Å². The number of halogens is 3. The van der Waals surface area contributed by atoms with Crippen molar-refractivity contribution in [1.82, 2.24) is 24.9 Å². The predicted octanol–water partition coefficient (Wildman–Crippen LogP) is 3.49. The van der Waals surface area contributed by atoms with Gasteiger partial charge in [-0.05, 0) is 65.4 Å². The standard InChI is InChI=1S/C26H25F3N6O4S/c1-16(2)35(20-10-6-9-19(14-20)26(27,28)29)25(37)22(15-23-30-32-33-34(23)3)24(36)31-40(38,39)21-12-11-17-7-4-5-8-18(17)13-21/h4-14,16,22H,15H2,1-3H3,(H,31,36). The van der Waals surface area contributed by atoms with E-state index in [1.165, 1.54) is 29.9 Å². The second-order valence-electron chi connectivity index (χ2n) is 9.30. The van der Waals surface area contributed by atoms with Gasteiger partial charge in [-0.3, -0.25) is 9.59 Å². The van der Waals surface area contributed by atoms with Crippen LogP contribution < -0.4 is 9.62 Å². The van der Waals surface area contributed by atoms with Crippen LogP contribution in [0.25, 0.3) is 10.8 Å². The molecule has 0 aliphatic rings. The van der Waals surface area contributed by atoms with Gasteiger partial charge < -0.3 is 4.90 Å². The van der Waals surface area contributed by atoms with Gasteiger partial charge in [0.05, 0.1) is 10.5 Å². The van der Waals surface area contributed by atoms with Gasteiger partial charge in [0.25, 0.3) is 10.0 Å². The highest BCUT2D eigenvalue weighted by atomic mass is 32.2. The Kier molecular flexibility index (Phi) is 7.91. The second-order valence-corrected chi connectivity index (χ2v) is 11.0. The summed E-state index contributed by atoms with van der Waals surface area (Å²) in [6, 6.07) is 14.7. The number of anilines is 1. The van der Waals surface area contributed by atoms with Crippen molar-refractivity contribution in [3.05, 3.63) is 78.1 Å². The number of alkyl halides is 3. The molecule has 1 atom stereocenters. The molecule has 0 radical (unpaired) electrons. The van der Waals surface area contributed by atoms with E-state index in [2.05, 4.69) is 15.5 Å². The zero-order valence-corrected chi connectivity index (χ0v) is 22.4. The van der Waals surface area contributed by atoms with Crippen LogP contribution in [0.1, 0.15) is 25.2 Å². The number of amides is 2. The first-order chi connectivity index (χ1) is 18.8. The molecule has 0 aliphatic carbocycles. The first kappa shape index (κ1) is 28.7. The molecule has 10 nitrogen and oxygen atoms in total. The summed E-state index contributed by atoms with van der Waals surface area (Å²) in [6.45, 7) is 3.12. The molecule has 0 bridgehead atoms. The van der Waals surface area contributed by atoms with Crippen molar-refractivity contribution in [2.24, 2.45) is 13.0 Å². The fraction of sp³-hybridized carbons (Fsp3) is 0.269. The minimum atomic E-state index is -4.67. The maximum Gasteiger partial charge on any atom is 0.416 e. The second kappa shape index (κ2) is 11.0. The van der Waals surface area contributed by atoms with E-state index in [0.717, 1.165) is 28.5 Å². The van der Waals surface area contributed by atoms with Gasteiger partial charge in [-0.1, -0.05) is 36.4 Å². The van der Waals surface area contributed by atoms with Crippen LogP contribution in [0.3, 0.4) is 0 Å². The number of hydrogen-bond acceptors (Lipinski definition) is 7. The van der Waals surface area contributed by atoms with E-state index in [-0.39, 0.29) is 16.4 Å². The van der Waals surface area contributed by atoms with Gasteiger partial charge in [0.1, 0.15) is 5.92 Å². The number of rotatable bonds is 8. The van der Waals surface area contributed by atoms with Gasteiger partial charge in [-0.25, -0.2) is 17.8 Å². The first-order valence-electron chi connectivity index (χ1n) is 12.0. The fourth-order valence-electron chi connectivity index (χ4n) is 4.17. The van der Waals surface area contributed by atoms with E-state index in [1.54, 1.807) is 44.2 Å². The van der Waals surface area contributed by atoms with Gasteiger partial charge in [-0.15, -0.1) is 5.10 Å². The van der Waals surface area contributed by atoms with Crippen LogP contribution in [0.15, 0.2) is 71.6 Å². The number of fused-ring (bicyclic) bond motifs is 1. The van der Waals surface area contributed by atoms with E-state index in [0.29, 0.717) is 5.39 Å². The maximum absolute atomic E-state index is 13.8. The third kappa shape index (κ3) is 6.11. The molecule has 4 rings (SSSR count). The van der Waals surface area contributed by atoms with Crippen molar-refractivity contribution in [3.63, 3.8) is 0 Å². The Bertz CT molecular complexity index is 1670. The minimum Gasteiger partial charge on any atom is -0.309 e. The quantitative estimate of drug-likeness (QED) is 0.319. The Morgan fingerprint density at radius 1 is 1.00 bits per heavy atom. The summed E-state index contributed by atoms with van der Waals surface area (Å²) in [5.41, 5.74) is -1.10. The Morgan fingerprint density at radius 3 is 2.33 bits per heavy atom. The average molecular weight is 575 g/mol. The highest BCUT2D eigenvalue weighted by Gasteiger charge is 2.38. The lowest BCUT2D eigenvalue weighted by Gasteiger charge is -2.30. The number of tetrazole rings is 1. The molecule has 1 heterocycles. The third-order valence-corrected chi connectivity index (χ3v) is 7.53. The molecule has 210 valence electrons. The molecule has 0 aliphatic heterocycles. The monoisotopic (exact) mass is 574 g/mol. The minimum absolute atomic E-state index is 0.0874. The molecular weight excluding hydrogens is 549 g/mol. The molecule has 40 heavy (non-hydrogen) atoms. The van der Waals surface area contributed by atoms with Crippen molar-refractivity contribution in [3.8, 4) is 0 Å². The van der Waals surface area contributed by atoms with Crippen LogP contribution in [0.5, 0.6) is 0 Å². The number of aromatic nitrogens is 4. The zero-order chi connectivity index (χ0) is 29.2. The van der Waals surface area contributed by atoms with Crippen molar-refractivity contribution in [2.75, 3.05) is 4.90 Å². The molecule has 1 aromatic heterocycles. The third-order valence-electron chi connectivity index (χ3n) is 6.18. The Morgan fingerprint density at radius 2 is 1.70 bits per heavy atom. The summed E-state index contributed by atoms with van der Waals surface area (Å²) in [7, 11) is -2.97. The number of carbonyl (C=O) groups is 2. The lowest BCUT2D eigenvalue weighted by molar-refractivity contribution is -0.138. The molecule has 14 heteroatoms. The van der Waals surface area contributed by atoms with Crippen LogP contribution in [0, 0.1) is 5.92 Å². The number of hydrogen-bond donors (Lipinski definition) is 1. The smallest absolute Gasteiger partial charge is 0.309 e. The molecule has 0 fully saturated rings. The largest absolute Gasteiger partial charge is 0.416 e.